The van der Waals surface area contributed by atoms with Crippen LogP contribution in [0.15, 0.2) is 24.8 Å². The SMILES string of the molecule is Cc1cc2c(NCCn3cc(N)cn3)ncnc2s1. The molecule has 3 aromatic heterocycles. The van der Waals surface area contributed by atoms with Crippen molar-refractivity contribution in [3.8, 4) is 0 Å². The summed E-state index contributed by atoms with van der Waals surface area (Å²) in [6, 6.07) is 2.11. The Bertz CT molecular complexity index is 701. The number of aromatic nitrogens is 4. The lowest BCUT2D eigenvalue weighted by molar-refractivity contribution is 0.637. The zero-order valence-electron chi connectivity index (χ0n) is 10.5. The molecule has 0 aliphatic carbocycles. The number of hydrogen-bond acceptors (Lipinski definition) is 6. The first-order valence-electron chi connectivity index (χ1n) is 5.95. The number of anilines is 2. The fraction of sp³-hybridized carbons (Fsp3) is 0.250. The molecule has 0 saturated heterocycles. The van der Waals surface area contributed by atoms with Crippen molar-refractivity contribution in [2.75, 3.05) is 17.6 Å². The number of nitrogens with zero attached hydrogens (tertiary/aromatic N) is 4. The summed E-state index contributed by atoms with van der Waals surface area (Å²) in [7, 11) is 0. The van der Waals surface area contributed by atoms with Gasteiger partial charge < -0.3 is 11.1 Å². The number of nitrogen functional groups attached to an aromatic ring is 1. The molecule has 0 bridgehead atoms. The maximum atomic E-state index is 5.62. The van der Waals surface area contributed by atoms with E-state index in [2.05, 4.69) is 33.4 Å². The summed E-state index contributed by atoms with van der Waals surface area (Å²) in [6.45, 7) is 3.55. The largest absolute Gasteiger partial charge is 0.396 e. The van der Waals surface area contributed by atoms with Gasteiger partial charge in [0.15, 0.2) is 0 Å². The highest BCUT2D eigenvalue weighted by Gasteiger charge is 2.06. The number of hydrogen-bond donors (Lipinski definition) is 2. The lowest BCUT2D eigenvalue weighted by atomic mass is 10.3. The van der Waals surface area contributed by atoms with E-state index in [0.29, 0.717) is 5.69 Å². The van der Waals surface area contributed by atoms with E-state index in [0.717, 1.165) is 29.1 Å². The van der Waals surface area contributed by atoms with Crippen molar-refractivity contribution < 1.29 is 0 Å². The molecule has 19 heavy (non-hydrogen) atoms. The fourth-order valence-electron chi connectivity index (χ4n) is 1.91. The van der Waals surface area contributed by atoms with Gasteiger partial charge in [0.1, 0.15) is 17.0 Å². The summed E-state index contributed by atoms with van der Waals surface area (Å²) in [5.41, 5.74) is 6.29. The molecular weight excluding hydrogens is 260 g/mol. The maximum absolute atomic E-state index is 5.62. The second-order valence-corrected chi connectivity index (χ2v) is 5.50. The molecule has 0 fully saturated rings. The van der Waals surface area contributed by atoms with Gasteiger partial charge in [0.2, 0.25) is 0 Å². The lowest BCUT2D eigenvalue weighted by Gasteiger charge is -2.06. The second kappa shape index (κ2) is 4.85. The Labute approximate surface area is 114 Å². The van der Waals surface area contributed by atoms with Gasteiger partial charge in [-0.15, -0.1) is 11.3 Å². The number of thiophene rings is 1. The molecule has 0 atom stereocenters. The molecule has 3 aromatic rings. The normalized spacial score (nSPS) is 11.0. The van der Waals surface area contributed by atoms with Crippen LogP contribution in [0.5, 0.6) is 0 Å². The average Bonchev–Trinajstić information content (AvgIpc) is 2.95. The topological polar surface area (TPSA) is 81.7 Å². The van der Waals surface area contributed by atoms with Crippen molar-refractivity contribution in [2.45, 2.75) is 13.5 Å². The zero-order chi connectivity index (χ0) is 13.2. The summed E-state index contributed by atoms with van der Waals surface area (Å²) in [5, 5.41) is 8.52. The van der Waals surface area contributed by atoms with E-state index in [1.165, 1.54) is 4.88 Å². The van der Waals surface area contributed by atoms with Crippen LogP contribution < -0.4 is 11.1 Å². The van der Waals surface area contributed by atoms with Crippen LogP contribution in [-0.2, 0) is 6.54 Å². The second-order valence-electron chi connectivity index (χ2n) is 4.26. The van der Waals surface area contributed by atoms with Gasteiger partial charge in [-0.25, -0.2) is 9.97 Å². The third-order valence-electron chi connectivity index (χ3n) is 2.74. The predicted molar refractivity (Wildman–Crippen MR) is 77.3 cm³/mol. The minimum atomic E-state index is 0.679. The first-order valence-corrected chi connectivity index (χ1v) is 6.77. The van der Waals surface area contributed by atoms with E-state index in [4.69, 9.17) is 5.73 Å². The van der Waals surface area contributed by atoms with E-state index < -0.39 is 0 Å². The third kappa shape index (κ3) is 2.50. The van der Waals surface area contributed by atoms with Crippen molar-refractivity contribution in [1.29, 1.82) is 0 Å². The smallest absolute Gasteiger partial charge is 0.138 e. The van der Waals surface area contributed by atoms with Gasteiger partial charge in [0, 0.05) is 17.6 Å². The predicted octanol–water partition coefficient (Wildman–Crippen LogP) is 1.89. The molecule has 0 aliphatic heterocycles. The van der Waals surface area contributed by atoms with Gasteiger partial charge in [-0.1, -0.05) is 0 Å². The molecule has 7 heteroatoms. The highest BCUT2D eigenvalue weighted by molar-refractivity contribution is 7.18. The molecular formula is C12H14N6S. The molecule has 6 nitrogen and oxygen atoms in total. The number of fused-ring (bicyclic) bond motifs is 1. The van der Waals surface area contributed by atoms with Gasteiger partial charge in [-0.05, 0) is 13.0 Å². The Hall–Kier alpha value is -2.15. The van der Waals surface area contributed by atoms with E-state index in [9.17, 15) is 0 Å². The Morgan fingerprint density at radius 2 is 2.32 bits per heavy atom. The van der Waals surface area contributed by atoms with Gasteiger partial charge in [-0.2, -0.15) is 5.10 Å². The molecule has 0 radical (unpaired) electrons. The van der Waals surface area contributed by atoms with Crippen molar-refractivity contribution in [2.24, 2.45) is 0 Å². The molecule has 0 saturated carbocycles. The quantitative estimate of drug-likeness (QED) is 0.759. The third-order valence-corrected chi connectivity index (χ3v) is 3.70. The van der Waals surface area contributed by atoms with Crippen LogP contribution in [0.1, 0.15) is 4.88 Å². The summed E-state index contributed by atoms with van der Waals surface area (Å²) in [5.74, 6) is 0.870. The van der Waals surface area contributed by atoms with Crippen LogP contribution in [0.2, 0.25) is 0 Å². The maximum Gasteiger partial charge on any atom is 0.138 e. The molecule has 3 N–H and O–H groups in total. The van der Waals surface area contributed by atoms with E-state index >= 15 is 0 Å². The highest BCUT2D eigenvalue weighted by atomic mass is 32.1. The minimum absolute atomic E-state index is 0.679. The number of nitrogens with two attached hydrogens (primary N) is 1. The monoisotopic (exact) mass is 274 g/mol. The Balaban J connectivity index is 1.71. The van der Waals surface area contributed by atoms with Crippen LogP contribution >= 0.6 is 11.3 Å². The molecule has 98 valence electrons. The molecule has 3 heterocycles. The summed E-state index contributed by atoms with van der Waals surface area (Å²) in [6.07, 6.45) is 5.05. The van der Waals surface area contributed by atoms with E-state index in [-0.39, 0.29) is 0 Å². The number of nitrogens with one attached hydrogen (secondary N) is 1. The van der Waals surface area contributed by atoms with E-state index in [1.807, 2.05) is 6.20 Å². The van der Waals surface area contributed by atoms with Crippen LogP contribution in [0.4, 0.5) is 11.5 Å². The average molecular weight is 274 g/mol. The fourth-order valence-corrected chi connectivity index (χ4v) is 2.75. The summed E-state index contributed by atoms with van der Waals surface area (Å²) < 4.78 is 1.81. The van der Waals surface area contributed by atoms with Gasteiger partial charge in [0.25, 0.3) is 0 Å². The molecule has 0 unspecified atom stereocenters. The lowest BCUT2D eigenvalue weighted by Crippen LogP contribution is -2.11. The van der Waals surface area contributed by atoms with Crippen LogP contribution in [-0.4, -0.2) is 26.3 Å². The summed E-state index contributed by atoms with van der Waals surface area (Å²) >= 11 is 1.67. The van der Waals surface area contributed by atoms with E-state index in [1.54, 1.807) is 28.5 Å². The summed E-state index contributed by atoms with van der Waals surface area (Å²) in [4.78, 5) is 10.8. The molecule has 0 aromatic carbocycles. The standard InChI is InChI=1S/C12H14N6S/c1-8-4-10-11(15-7-16-12(10)19-8)14-2-3-18-6-9(13)5-17-18/h4-7H,2-3,13H2,1H3,(H,14,15,16). The van der Waals surface area contributed by atoms with Crippen molar-refractivity contribution in [3.63, 3.8) is 0 Å². The number of aryl methyl sites for hydroxylation is 1. The first kappa shape index (κ1) is 11.9. The minimum Gasteiger partial charge on any atom is -0.396 e. The van der Waals surface area contributed by atoms with Gasteiger partial charge in [-0.3, -0.25) is 4.68 Å². The van der Waals surface area contributed by atoms with Gasteiger partial charge in [0.05, 0.1) is 23.8 Å². The molecule has 3 rings (SSSR count). The molecule has 0 spiro atoms. The van der Waals surface area contributed by atoms with Crippen molar-refractivity contribution >= 4 is 33.1 Å². The molecule has 0 aliphatic rings. The Morgan fingerprint density at radius 3 is 3.11 bits per heavy atom. The van der Waals surface area contributed by atoms with Crippen molar-refractivity contribution in [1.82, 2.24) is 19.7 Å². The van der Waals surface area contributed by atoms with Crippen LogP contribution in [0.25, 0.3) is 10.2 Å². The Kier molecular flexibility index (Phi) is 3.04. The van der Waals surface area contributed by atoms with Gasteiger partial charge >= 0.3 is 0 Å². The highest BCUT2D eigenvalue weighted by Crippen LogP contribution is 2.27. The Morgan fingerprint density at radius 1 is 1.42 bits per heavy atom. The first-order chi connectivity index (χ1) is 9.22. The van der Waals surface area contributed by atoms with Crippen LogP contribution in [0, 0.1) is 6.92 Å². The molecule has 0 amide bonds. The van der Waals surface area contributed by atoms with Crippen LogP contribution in [0.3, 0.4) is 0 Å². The zero-order valence-corrected chi connectivity index (χ0v) is 11.3. The van der Waals surface area contributed by atoms with Crippen molar-refractivity contribution in [3.05, 3.63) is 29.7 Å². The number of rotatable bonds is 4.